The van der Waals surface area contributed by atoms with Gasteiger partial charge in [0.05, 0.1) is 11.9 Å². The first-order chi connectivity index (χ1) is 4.86. The minimum atomic E-state index is 0.784. The number of hydrogen-bond acceptors (Lipinski definition) is 1. The SMILES string of the molecule is Clc1ccc2c(c1)=CCN=2. The van der Waals surface area contributed by atoms with Crippen molar-refractivity contribution in [3.8, 4) is 0 Å². The number of rotatable bonds is 0. The Balaban J connectivity index is 2.88. The van der Waals surface area contributed by atoms with Crippen LogP contribution in [-0.4, -0.2) is 6.54 Å². The topological polar surface area (TPSA) is 12.4 Å². The van der Waals surface area contributed by atoms with Crippen molar-refractivity contribution in [1.82, 2.24) is 0 Å². The van der Waals surface area contributed by atoms with Gasteiger partial charge >= 0.3 is 0 Å². The summed E-state index contributed by atoms with van der Waals surface area (Å²) in [6, 6.07) is 5.75. The fourth-order valence-electron chi connectivity index (χ4n) is 1.08. The predicted octanol–water partition coefficient (Wildman–Crippen LogP) is 0.754. The molecule has 0 unspecified atom stereocenters. The lowest BCUT2D eigenvalue weighted by molar-refractivity contribution is 1.22. The molecular formula is C8H6ClN. The van der Waals surface area contributed by atoms with E-state index in [0.717, 1.165) is 22.1 Å². The Labute approximate surface area is 63.7 Å². The fraction of sp³-hybridized carbons (Fsp3) is 0.125. The Morgan fingerprint density at radius 1 is 1.40 bits per heavy atom. The predicted molar refractivity (Wildman–Crippen MR) is 41.6 cm³/mol. The standard InChI is InChI=1S/C8H6ClN/c9-7-1-2-8-6(5-7)3-4-10-8/h1-3,5H,4H2. The molecule has 50 valence electrons. The molecule has 1 nitrogen and oxygen atoms in total. The number of halogens is 1. The van der Waals surface area contributed by atoms with Crippen LogP contribution < -0.4 is 10.6 Å². The lowest BCUT2D eigenvalue weighted by Crippen LogP contribution is -2.20. The Morgan fingerprint density at radius 3 is 3.20 bits per heavy atom. The molecule has 1 heterocycles. The van der Waals surface area contributed by atoms with Crippen LogP contribution in [0.15, 0.2) is 23.2 Å². The first kappa shape index (κ1) is 5.93. The maximum atomic E-state index is 5.76. The molecule has 0 spiro atoms. The van der Waals surface area contributed by atoms with Crippen molar-refractivity contribution in [2.24, 2.45) is 4.99 Å². The summed E-state index contributed by atoms with van der Waals surface area (Å²) in [6.07, 6.45) is 2.07. The van der Waals surface area contributed by atoms with Crippen molar-refractivity contribution in [3.63, 3.8) is 0 Å². The van der Waals surface area contributed by atoms with Crippen molar-refractivity contribution >= 4 is 17.7 Å². The number of nitrogens with zero attached hydrogens (tertiary/aromatic N) is 1. The third-order valence-electron chi connectivity index (χ3n) is 1.56. The largest absolute Gasteiger partial charge is 0.281 e. The zero-order valence-electron chi connectivity index (χ0n) is 5.34. The molecule has 0 bridgehead atoms. The summed E-state index contributed by atoms with van der Waals surface area (Å²) in [7, 11) is 0. The molecule has 1 aromatic carbocycles. The third kappa shape index (κ3) is 0.830. The minimum Gasteiger partial charge on any atom is -0.281 e. The van der Waals surface area contributed by atoms with Crippen LogP contribution in [0.4, 0.5) is 0 Å². The quantitative estimate of drug-likeness (QED) is 0.519. The number of hydrogen-bond donors (Lipinski definition) is 0. The van der Waals surface area contributed by atoms with Crippen LogP contribution >= 0.6 is 11.6 Å². The molecule has 0 fully saturated rings. The zero-order valence-corrected chi connectivity index (χ0v) is 6.10. The summed E-state index contributed by atoms with van der Waals surface area (Å²) in [6.45, 7) is 0.801. The monoisotopic (exact) mass is 151 g/mol. The molecule has 0 saturated heterocycles. The molecule has 1 aliphatic rings. The van der Waals surface area contributed by atoms with E-state index in [9.17, 15) is 0 Å². The Hall–Kier alpha value is -0.820. The number of fused-ring (bicyclic) bond motifs is 1. The molecule has 0 radical (unpaired) electrons. The van der Waals surface area contributed by atoms with Gasteiger partial charge in [-0.15, -0.1) is 0 Å². The van der Waals surface area contributed by atoms with E-state index in [2.05, 4.69) is 11.1 Å². The summed E-state index contributed by atoms with van der Waals surface area (Å²) < 4.78 is 0. The normalized spacial score (nSPS) is 13.7. The van der Waals surface area contributed by atoms with Crippen molar-refractivity contribution in [3.05, 3.63) is 33.8 Å². The minimum absolute atomic E-state index is 0.784. The molecule has 0 amide bonds. The van der Waals surface area contributed by atoms with Gasteiger partial charge in [-0.1, -0.05) is 17.7 Å². The maximum Gasteiger partial charge on any atom is 0.0648 e. The molecule has 0 saturated carbocycles. The van der Waals surface area contributed by atoms with Crippen LogP contribution in [0.25, 0.3) is 6.08 Å². The van der Waals surface area contributed by atoms with E-state index >= 15 is 0 Å². The summed E-state index contributed by atoms with van der Waals surface area (Å²) in [5.74, 6) is 0. The van der Waals surface area contributed by atoms with Gasteiger partial charge in [-0.05, 0) is 23.4 Å². The zero-order chi connectivity index (χ0) is 6.97. The van der Waals surface area contributed by atoms with Gasteiger partial charge in [0.15, 0.2) is 0 Å². The fourth-order valence-corrected chi connectivity index (χ4v) is 1.26. The lowest BCUT2D eigenvalue weighted by atomic mass is 10.3. The van der Waals surface area contributed by atoms with Crippen molar-refractivity contribution in [1.29, 1.82) is 0 Å². The Morgan fingerprint density at radius 2 is 2.30 bits per heavy atom. The first-order valence-electron chi connectivity index (χ1n) is 3.16. The molecule has 2 heteroatoms. The molecule has 0 N–H and O–H groups in total. The molecule has 0 aliphatic carbocycles. The second-order valence-electron chi connectivity index (χ2n) is 2.25. The van der Waals surface area contributed by atoms with Crippen LogP contribution in [0.5, 0.6) is 0 Å². The molecule has 0 aromatic heterocycles. The van der Waals surface area contributed by atoms with Gasteiger partial charge in [-0.2, -0.15) is 0 Å². The highest BCUT2D eigenvalue weighted by Gasteiger charge is 1.93. The molecule has 0 atom stereocenters. The average molecular weight is 152 g/mol. The summed E-state index contributed by atoms with van der Waals surface area (Å²) in [5.41, 5.74) is 0. The second-order valence-corrected chi connectivity index (χ2v) is 2.68. The van der Waals surface area contributed by atoms with E-state index in [1.807, 2.05) is 18.2 Å². The third-order valence-corrected chi connectivity index (χ3v) is 1.80. The van der Waals surface area contributed by atoms with Crippen LogP contribution in [0.1, 0.15) is 0 Å². The number of benzene rings is 1. The van der Waals surface area contributed by atoms with Crippen LogP contribution in [-0.2, 0) is 0 Å². The molecule has 1 aliphatic heterocycles. The highest BCUT2D eigenvalue weighted by Crippen LogP contribution is 2.00. The van der Waals surface area contributed by atoms with Gasteiger partial charge in [-0.25, -0.2) is 0 Å². The van der Waals surface area contributed by atoms with E-state index in [4.69, 9.17) is 11.6 Å². The summed E-state index contributed by atoms with van der Waals surface area (Å²) in [5, 5.41) is 3.00. The lowest BCUT2D eigenvalue weighted by Gasteiger charge is -1.84. The van der Waals surface area contributed by atoms with Crippen LogP contribution in [0.3, 0.4) is 0 Å². The van der Waals surface area contributed by atoms with Gasteiger partial charge in [0.2, 0.25) is 0 Å². The summed E-state index contributed by atoms with van der Waals surface area (Å²) in [4.78, 5) is 4.23. The van der Waals surface area contributed by atoms with E-state index in [0.29, 0.717) is 0 Å². The van der Waals surface area contributed by atoms with Gasteiger partial charge < -0.3 is 0 Å². The Bertz CT molecular complexity index is 367. The summed E-state index contributed by atoms with van der Waals surface area (Å²) >= 11 is 5.76. The van der Waals surface area contributed by atoms with E-state index in [1.165, 1.54) is 0 Å². The van der Waals surface area contributed by atoms with Gasteiger partial charge in [0, 0.05) is 5.02 Å². The van der Waals surface area contributed by atoms with Gasteiger partial charge in [0.25, 0.3) is 0 Å². The van der Waals surface area contributed by atoms with Crippen LogP contribution in [0.2, 0.25) is 5.02 Å². The molecule has 1 aromatic rings. The smallest absolute Gasteiger partial charge is 0.0648 e. The average Bonchev–Trinajstić information content (AvgIpc) is 2.33. The molecule has 10 heavy (non-hydrogen) atoms. The maximum absolute atomic E-state index is 5.76. The van der Waals surface area contributed by atoms with Crippen LogP contribution in [0, 0.1) is 0 Å². The van der Waals surface area contributed by atoms with E-state index < -0.39 is 0 Å². The highest BCUT2D eigenvalue weighted by molar-refractivity contribution is 6.30. The van der Waals surface area contributed by atoms with Crippen molar-refractivity contribution < 1.29 is 0 Å². The van der Waals surface area contributed by atoms with Gasteiger partial charge in [0.1, 0.15) is 0 Å². The van der Waals surface area contributed by atoms with Crippen molar-refractivity contribution in [2.45, 2.75) is 0 Å². The Kier molecular flexibility index (Phi) is 1.24. The first-order valence-corrected chi connectivity index (χ1v) is 3.54. The second kappa shape index (κ2) is 2.10. The van der Waals surface area contributed by atoms with Gasteiger partial charge in [-0.3, -0.25) is 4.99 Å². The molecular weight excluding hydrogens is 146 g/mol. The molecule has 2 rings (SSSR count). The highest BCUT2D eigenvalue weighted by atomic mass is 35.5. The van der Waals surface area contributed by atoms with Crippen molar-refractivity contribution in [2.75, 3.05) is 6.54 Å². The van der Waals surface area contributed by atoms with E-state index in [-0.39, 0.29) is 0 Å². The van der Waals surface area contributed by atoms with E-state index in [1.54, 1.807) is 0 Å².